The molecule has 5 heteroatoms. The second kappa shape index (κ2) is 6.46. The van der Waals surface area contributed by atoms with Gasteiger partial charge in [-0.25, -0.2) is 4.99 Å². The van der Waals surface area contributed by atoms with Gasteiger partial charge in [0.15, 0.2) is 0 Å². The summed E-state index contributed by atoms with van der Waals surface area (Å²) >= 11 is 7.09. The molecule has 0 unspecified atom stereocenters. The first-order valence-corrected chi connectivity index (χ1v) is 9.69. The molecule has 25 heavy (non-hydrogen) atoms. The minimum absolute atomic E-state index is 0.471. The maximum atomic E-state index is 6.32. The Morgan fingerprint density at radius 1 is 1.08 bits per heavy atom. The number of rotatable bonds is 2. The van der Waals surface area contributed by atoms with E-state index < -0.39 is 0 Å². The van der Waals surface area contributed by atoms with Gasteiger partial charge in [0.05, 0.1) is 11.4 Å². The average molecular weight is 459 g/mol. The van der Waals surface area contributed by atoms with Crippen LogP contribution in [-0.4, -0.2) is 13.0 Å². The third-order valence-electron chi connectivity index (χ3n) is 4.71. The second-order valence-electron chi connectivity index (χ2n) is 6.20. The van der Waals surface area contributed by atoms with Crippen LogP contribution in [0.5, 0.6) is 0 Å². The number of nitrogens with two attached hydrogens (primary N) is 1. The minimum Gasteiger partial charge on any atom is -0.369 e. The Balaban J connectivity index is 1.76. The van der Waals surface area contributed by atoms with Gasteiger partial charge in [0.2, 0.25) is 5.96 Å². The molecule has 0 atom stereocenters. The van der Waals surface area contributed by atoms with Crippen LogP contribution in [0, 0.1) is 0 Å². The molecule has 0 saturated carbocycles. The summed E-state index contributed by atoms with van der Waals surface area (Å²) in [6, 6.07) is 16.7. The molecule has 0 bridgehead atoms. The van der Waals surface area contributed by atoms with Gasteiger partial charge < -0.3 is 10.6 Å². The molecule has 0 spiro atoms. The van der Waals surface area contributed by atoms with Gasteiger partial charge in [-0.2, -0.15) is 0 Å². The predicted molar refractivity (Wildman–Crippen MR) is 113 cm³/mol. The van der Waals surface area contributed by atoms with E-state index in [0.717, 1.165) is 33.2 Å². The number of aryl methyl sites for hydroxylation is 2. The fourth-order valence-electron chi connectivity index (χ4n) is 3.41. The number of hydrogen-bond acceptors (Lipinski definition) is 1. The number of halogens is 2. The molecule has 0 radical (unpaired) electrons. The highest BCUT2D eigenvalue weighted by Crippen LogP contribution is 2.37. The molecule has 1 aliphatic carbocycles. The molecule has 0 heterocycles. The third kappa shape index (κ3) is 2.96. The second-order valence-corrected chi connectivity index (χ2v) is 7.97. The van der Waals surface area contributed by atoms with Gasteiger partial charge in [0.1, 0.15) is 0 Å². The summed E-state index contributed by atoms with van der Waals surface area (Å²) in [5.41, 5.74) is 11.0. The molecule has 0 aromatic heterocycles. The van der Waals surface area contributed by atoms with Crippen molar-refractivity contribution in [1.82, 2.24) is 0 Å². The van der Waals surface area contributed by atoms with Crippen LogP contribution >= 0.6 is 31.9 Å². The zero-order valence-electron chi connectivity index (χ0n) is 13.8. The summed E-state index contributed by atoms with van der Waals surface area (Å²) in [6.07, 6.45) is 2.10. The molecule has 126 valence electrons. The van der Waals surface area contributed by atoms with E-state index in [1.165, 1.54) is 21.9 Å². The Labute approximate surface area is 163 Å². The molecule has 1 aliphatic rings. The summed E-state index contributed by atoms with van der Waals surface area (Å²) in [5.74, 6) is 0.471. The summed E-state index contributed by atoms with van der Waals surface area (Å²) in [4.78, 5) is 6.64. The van der Waals surface area contributed by atoms with E-state index in [4.69, 9.17) is 10.7 Å². The fraction of sp³-hybridized carbons (Fsp3) is 0.150. The van der Waals surface area contributed by atoms with Crippen molar-refractivity contribution in [1.29, 1.82) is 0 Å². The van der Waals surface area contributed by atoms with Gasteiger partial charge in [-0.05, 0) is 74.9 Å². The first kappa shape index (κ1) is 16.6. The largest absolute Gasteiger partial charge is 0.369 e. The molecule has 0 saturated heterocycles. The van der Waals surface area contributed by atoms with Crippen LogP contribution in [0.2, 0.25) is 0 Å². The van der Waals surface area contributed by atoms with Crippen LogP contribution in [-0.2, 0) is 12.8 Å². The molecule has 0 fully saturated rings. The normalized spacial score (nSPS) is 13.5. The summed E-state index contributed by atoms with van der Waals surface area (Å²) in [7, 11) is 1.93. The first-order valence-electron chi connectivity index (χ1n) is 8.11. The van der Waals surface area contributed by atoms with Crippen LogP contribution in [0.4, 0.5) is 11.4 Å². The van der Waals surface area contributed by atoms with E-state index >= 15 is 0 Å². The fourth-order valence-corrected chi connectivity index (χ4v) is 4.28. The first-order chi connectivity index (χ1) is 12.0. The Morgan fingerprint density at radius 2 is 1.92 bits per heavy atom. The highest BCUT2D eigenvalue weighted by molar-refractivity contribution is 9.11. The highest BCUT2D eigenvalue weighted by atomic mass is 79.9. The van der Waals surface area contributed by atoms with Crippen LogP contribution in [0.3, 0.4) is 0 Å². The Morgan fingerprint density at radius 3 is 2.76 bits per heavy atom. The standard InChI is InChI=1S/C20H17Br2N3/c1-25(18-11-14(21)7-9-16(18)22)20(23)24-17-10-6-13-4-2-3-12-5-8-15(17)19(12)13/h2-4,6-7,9-11H,5,8H2,1H3,(H2,23,24). The molecule has 3 aromatic rings. The van der Waals surface area contributed by atoms with Crippen molar-refractivity contribution in [3.05, 3.63) is 68.6 Å². The zero-order chi connectivity index (χ0) is 17.6. The van der Waals surface area contributed by atoms with Gasteiger partial charge in [0, 0.05) is 16.0 Å². The summed E-state index contributed by atoms with van der Waals surface area (Å²) in [5, 5.41) is 2.63. The van der Waals surface area contributed by atoms with Crippen LogP contribution in [0.15, 0.2) is 62.5 Å². The van der Waals surface area contributed by atoms with Crippen molar-refractivity contribution in [3.63, 3.8) is 0 Å². The van der Waals surface area contributed by atoms with Gasteiger partial charge in [-0.1, -0.05) is 40.2 Å². The van der Waals surface area contributed by atoms with Crippen molar-refractivity contribution in [2.45, 2.75) is 12.8 Å². The SMILES string of the molecule is CN(C(N)=Nc1ccc2cccc3c2c1CC3)c1cc(Br)ccc1Br. The summed E-state index contributed by atoms with van der Waals surface area (Å²) in [6.45, 7) is 0. The van der Waals surface area contributed by atoms with Gasteiger partial charge in [0.25, 0.3) is 0 Å². The molecule has 4 rings (SSSR count). The van der Waals surface area contributed by atoms with Gasteiger partial charge in [-0.15, -0.1) is 0 Å². The van der Waals surface area contributed by atoms with Crippen molar-refractivity contribution in [2.75, 3.05) is 11.9 Å². The lowest BCUT2D eigenvalue weighted by Gasteiger charge is -2.20. The maximum Gasteiger partial charge on any atom is 0.200 e. The number of aliphatic imine (C=N–C) groups is 1. The summed E-state index contributed by atoms with van der Waals surface area (Å²) < 4.78 is 1.97. The third-order valence-corrected chi connectivity index (χ3v) is 5.87. The van der Waals surface area contributed by atoms with Crippen molar-refractivity contribution < 1.29 is 0 Å². The Kier molecular flexibility index (Phi) is 4.29. The van der Waals surface area contributed by atoms with Crippen LogP contribution in [0.25, 0.3) is 10.8 Å². The Hall–Kier alpha value is -1.85. The van der Waals surface area contributed by atoms with Gasteiger partial charge >= 0.3 is 0 Å². The van der Waals surface area contributed by atoms with Crippen molar-refractivity contribution >= 4 is 60.0 Å². The lowest BCUT2D eigenvalue weighted by molar-refractivity contribution is 1.02. The average Bonchev–Trinajstić information content (AvgIpc) is 3.05. The van der Waals surface area contributed by atoms with Crippen molar-refractivity contribution in [2.24, 2.45) is 10.7 Å². The number of benzene rings is 3. The van der Waals surface area contributed by atoms with E-state index in [2.05, 4.69) is 62.2 Å². The molecule has 2 N–H and O–H groups in total. The maximum absolute atomic E-state index is 6.32. The van der Waals surface area contributed by atoms with Crippen LogP contribution in [0.1, 0.15) is 11.1 Å². The lowest BCUT2D eigenvalue weighted by Crippen LogP contribution is -2.33. The molecular weight excluding hydrogens is 442 g/mol. The number of guanidine groups is 1. The number of anilines is 1. The molecule has 0 aliphatic heterocycles. The minimum atomic E-state index is 0.471. The molecule has 3 aromatic carbocycles. The Bertz CT molecular complexity index is 1010. The van der Waals surface area contributed by atoms with Crippen LogP contribution < -0.4 is 10.6 Å². The van der Waals surface area contributed by atoms with E-state index in [9.17, 15) is 0 Å². The van der Waals surface area contributed by atoms with Gasteiger partial charge in [-0.3, -0.25) is 0 Å². The quantitative estimate of drug-likeness (QED) is 0.404. The zero-order valence-corrected chi connectivity index (χ0v) is 16.9. The topological polar surface area (TPSA) is 41.6 Å². The monoisotopic (exact) mass is 457 g/mol. The number of hydrogen-bond donors (Lipinski definition) is 1. The molecule has 0 amide bonds. The lowest BCUT2D eigenvalue weighted by atomic mass is 10.0. The molecule has 3 nitrogen and oxygen atoms in total. The van der Waals surface area contributed by atoms with E-state index in [1.807, 2.05) is 30.1 Å². The smallest absolute Gasteiger partial charge is 0.200 e. The van der Waals surface area contributed by atoms with E-state index in [0.29, 0.717) is 5.96 Å². The van der Waals surface area contributed by atoms with Crippen molar-refractivity contribution in [3.8, 4) is 0 Å². The van der Waals surface area contributed by atoms with E-state index in [1.54, 1.807) is 0 Å². The predicted octanol–water partition coefficient (Wildman–Crippen LogP) is 5.55. The molecular formula is C20H17Br2N3. The van der Waals surface area contributed by atoms with E-state index in [-0.39, 0.29) is 0 Å². The number of nitrogens with zero attached hydrogens (tertiary/aromatic N) is 2. The highest BCUT2D eigenvalue weighted by Gasteiger charge is 2.18.